The number of hydrogen-bond donors (Lipinski definition) is 1. The molecule has 0 spiro atoms. The van der Waals surface area contributed by atoms with E-state index in [9.17, 15) is 9.59 Å². The summed E-state index contributed by atoms with van der Waals surface area (Å²) in [5, 5.41) is 3.36. The number of amides is 1. The van der Waals surface area contributed by atoms with Crippen molar-refractivity contribution in [3.8, 4) is 0 Å². The van der Waals surface area contributed by atoms with Gasteiger partial charge in [-0.3, -0.25) is 9.59 Å². The summed E-state index contributed by atoms with van der Waals surface area (Å²) in [6.45, 7) is -0.282. The van der Waals surface area contributed by atoms with Crippen LogP contribution in [-0.2, 0) is 14.3 Å². The first-order chi connectivity index (χ1) is 9.56. The molecule has 0 bridgehead atoms. The largest absolute Gasteiger partial charge is 0.455 e. The molecule has 0 heterocycles. The highest BCUT2D eigenvalue weighted by molar-refractivity contribution is 6.42. The van der Waals surface area contributed by atoms with Crippen LogP contribution in [0.4, 0.5) is 5.69 Å². The summed E-state index contributed by atoms with van der Waals surface area (Å²) >= 11 is 11.6. The van der Waals surface area contributed by atoms with Crippen molar-refractivity contribution >= 4 is 40.8 Å². The van der Waals surface area contributed by atoms with Crippen molar-refractivity contribution in [2.45, 2.75) is 25.7 Å². The molecule has 1 aromatic carbocycles. The van der Waals surface area contributed by atoms with Crippen LogP contribution in [0.25, 0.3) is 0 Å². The Morgan fingerprint density at radius 1 is 1.20 bits per heavy atom. The van der Waals surface area contributed by atoms with E-state index in [2.05, 4.69) is 5.32 Å². The van der Waals surface area contributed by atoms with Crippen molar-refractivity contribution < 1.29 is 14.3 Å². The fourth-order valence-electron chi connectivity index (χ4n) is 2.19. The number of rotatable bonds is 4. The van der Waals surface area contributed by atoms with Gasteiger partial charge in [0.1, 0.15) is 0 Å². The van der Waals surface area contributed by atoms with Gasteiger partial charge in [-0.1, -0.05) is 36.0 Å². The second-order valence-corrected chi connectivity index (χ2v) is 5.58. The van der Waals surface area contributed by atoms with E-state index in [0.29, 0.717) is 15.7 Å². The van der Waals surface area contributed by atoms with Crippen LogP contribution in [0.2, 0.25) is 10.0 Å². The highest BCUT2D eigenvalue weighted by atomic mass is 35.5. The maximum atomic E-state index is 11.7. The van der Waals surface area contributed by atoms with Gasteiger partial charge in [0, 0.05) is 5.69 Å². The zero-order valence-electron chi connectivity index (χ0n) is 10.8. The van der Waals surface area contributed by atoms with Gasteiger partial charge in [0.2, 0.25) is 0 Å². The molecule has 1 aliphatic carbocycles. The fourth-order valence-corrected chi connectivity index (χ4v) is 2.49. The summed E-state index contributed by atoms with van der Waals surface area (Å²) < 4.78 is 5.00. The molecule has 1 amide bonds. The first kappa shape index (κ1) is 15.1. The maximum Gasteiger partial charge on any atom is 0.309 e. The Bertz CT molecular complexity index is 513. The van der Waals surface area contributed by atoms with Crippen LogP contribution in [0, 0.1) is 5.92 Å². The van der Waals surface area contributed by atoms with Gasteiger partial charge in [-0.15, -0.1) is 0 Å². The van der Waals surface area contributed by atoms with Crippen LogP contribution in [0.5, 0.6) is 0 Å². The van der Waals surface area contributed by atoms with Gasteiger partial charge >= 0.3 is 5.97 Å². The molecule has 1 aromatic rings. The Morgan fingerprint density at radius 3 is 2.55 bits per heavy atom. The van der Waals surface area contributed by atoms with Gasteiger partial charge in [0.05, 0.1) is 16.0 Å². The molecule has 2 rings (SSSR count). The van der Waals surface area contributed by atoms with E-state index in [1.54, 1.807) is 18.2 Å². The van der Waals surface area contributed by atoms with E-state index in [1.807, 2.05) is 0 Å². The first-order valence-electron chi connectivity index (χ1n) is 6.48. The highest BCUT2D eigenvalue weighted by Crippen LogP contribution is 2.26. The molecule has 6 heteroatoms. The predicted octanol–water partition coefficient (Wildman–Crippen LogP) is 3.67. The Kier molecular flexibility index (Phi) is 5.26. The van der Waals surface area contributed by atoms with E-state index < -0.39 is 5.91 Å². The minimum Gasteiger partial charge on any atom is -0.455 e. The lowest BCUT2D eigenvalue weighted by Gasteiger charge is -2.10. The lowest BCUT2D eigenvalue weighted by atomic mass is 10.1. The van der Waals surface area contributed by atoms with Gasteiger partial charge in [-0.05, 0) is 31.0 Å². The molecule has 4 nitrogen and oxygen atoms in total. The highest BCUT2D eigenvalue weighted by Gasteiger charge is 2.24. The van der Waals surface area contributed by atoms with E-state index in [1.165, 1.54) is 0 Å². The number of anilines is 1. The summed E-state index contributed by atoms with van der Waals surface area (Å²) in [4.78, 5) is 23.3. The lowest BCUT2D eigenvalue weighted by Crippen LogP contribution is -2.23. The number of ether oxygens (including phenoxy) is 1. The molecular weight excluding hydrogens is 301 g/mol. The number of hydrogen-bond acceptors (Lipinski definition) is 3. The molecule has 0 unspecified atom stereocenters. The molecule has 1 fully saturated rings. The Labute approximate surface area is 127 Å². The van der Waals surface area contributed by atoms with E-state index in [4.69, 9.17) is 27.9 Å². The van der Waals surface area contributed by atoms with Crippen molar-refractivity contribution in [1.82, 2.24) is 0 Å². The fraction of sp³-hybridized carbons (Fsp3) is 0.429. The molecule has 0 radical (unpaired) electrons. The average Bonchev–Trinajstić information content (AvgIpc) is 2.94. The van der Waals surface area contributed by atoms with Crippen LogP contribution in [0.15, 0.2) is 18.2 Å². The minimum atomic E-state index is -0.394. The van der Waals surface area contributed by atoms with Crippen LogP contribution >= 0.6 is 23.2 Å². The molecular formula is C14H15Cl2NO3. The molecule has 1 N–H and O–H groups in total. The third kappa shape index (κ3) is 4.12. The Balaban J connectivity index is 1.80. The summed E-state index contributed by atoms with van der Waals surface area (Å²) in [5.41, 5.74) is 0.515. The number of nitrogens with one attached hydrogen (secondary N) is 1. The van der Waals surface area contributed by atoms with Crippen molar-refractivity contribution in [2.75, 3.05) is 11.9 Å². The number of carbonyl (C=O) groups excluding carboxylic acids is 2. The van der Waals surface area contributed by atoms with E-state index in [0.717, 1.165) is 25.7 Å². The molecule has 1 saturated carbocycles. The van der Waals surface area contributed by atoms with E-state index in [-0.39, 0.29) is 18.5 Å². The number of esters is 1. The van der Waals surface area contributed by atoms with Crippen LogP contribution < -0.4 is 5.32 Å². The first-order valence-corrected chi connectivity index (χ1v) is 7.23. The van der Waals surface area contributed by atoms with Gasteiger partial charge in [0.15, 0.2) is 6.61 Å². The molecule has 1 aliphatic rings. The van der Waals surface area contributed by atoms with Crippen molar-refractivity contribution in [3.05, 3.63) is 28.2 Å². The van der Waals surface area contributed by atoms with Crippen molar-refractivity contribution in [2.24, 2.45) is 5.92 Å². The predicted molar refractivity (Wildman–Crippen MR) is 78.0 cm³/mol. The number of carbonyl (C=O) groups is 2. The Morgan fingerprint density at radius 2 is 1.90 bits per heavy atom. The Hall–Kier alpha value is -1.26. The van der Waals surface area contributed by atoms with Crippen molar-refractivity contribution in [1.29, 1.82) is 0 Å². The quantitative estimate of drug-likeness (QED) is 0.862. The van der Waals surface area contributed by atoms with Gasteiger partial charge in [-0.25, -0.2) is 0 Å². The topological polar surface area (TPSA) is 55.4 Å². The van der Waals surface area contributed by atoms with Gasteiger partial charge in [0.25, 0.3) is 5.91 Å². The molecule has 0 aliphatic heterocycles. The number of benzene rings is 1. The smallest absolute Gasteiger partial charge is 0.309 e. The van der Waals surface area contributed by atoms with Crippen LogP contribution in [0.1, 0.15) is 25.7 Å². The van der Waals surface area contributed by atoms with Gasteiger partial charge < -0.3 is 10.1 Å². The molecule has 0 aromatic heterocycles. The summed E-state index contributed by atoms with van der Waals surface area (Å²) in [7, 11) is 0. The zero-order chi connectivity index (χ0) is 14.5. The monoisotopic (exact) mass is 315 g/mol. The zero-order valence-corrected chi connectivity index (χ0v) is 12.3. The maximum absolute atomic E-state index is 11.7. The third-order valence-corrected chi connectivity index (χ3v) is 3.98. The summed E-state index contributed by atoms with van der Waals surface area (Å²) in [6, 6.07) is 4.76. The normalized spacial score (nSPS) is 15.1. The molecule has 0 atom stereocenters. The summed E-state index contributed by atoms with van der Waals surface area (Å²) in [6.07, 6.45) is 3.81. The van der Waals surface area contributed by atoms with Crippen LogP contribution in [0.3, 0.4) is 0 Å². The minimum absolute atomic E-state index is 0.0484. The molecule has 20 heavy (non-hydrogen) atoms. The molecule has 0 saturated heterocycles. The second kappa shape index (κ2) is 6.95. The van der Waals surface area contributed by atoms with Crippen molar-refractivity contribution in [3.63, 3.8) is 0 Å². The van der Waals surface area contributed by atoms with E-state index >= 15 is 0 Å². The van der Waals surface area contributed by atoms with Crippen LogP contribution in [-0.4, -0.2) is 18.5 Å². The molecule has 108 valence electrons. The number of halogens is 2. The average molecular weight is 316 g/mol. The summed E-state index contributed by atoms with van der Waals surface area (Å²) in [5.74, 6) is -0.727. The SMILES string of the molecule is O=C(COC(=O)C1CCCC1)Nc1ccc(Cl)c(Cl)c1. The van der Waals surface area contributed by atoms with Gasteiger partial charge in [-0.2, -0.15) is 0 Å². The lowest BCUT2D eigenvalue weighted by molar-refractivity contribution is -0.151. The third-order valence-electron chi connectivity index (χ3n) is 3.24. The second-order valence-electron chi connectivity index (χ2n) is 4.77. The standard InChI is InChI=1S/C14H15Cl2NO3/c15-11-6-5-10(7-12(11)16)17-13(18)8-20-14(19)9-3-1-2-4-9/h5-7,9H,1-4,8H2,(H,17,18).